The second-order valence-electron chi connectivity index (χ2n) is 6.16. The summed E-state index contributed by atoms with van der Waals surface area (Å²) in [5.74, 6) is 0.556. The summed E-state index contributed by atoms with van der Waals surface area (Å²) in [7, 11) is 1.97. The van der Waals surface area contributed by atoms with E-state index in [9.17, 15) is 5.11 Å². The van der Waals surface area contributed by atoms with Gasteiger partial charge in [0.2, 0.25) is 5.95 Å². The Morgan fingerprint density at radius 1 is 1.33 bits per heavy atom. The van der Waals surface area contributed by atoms with Crippen molar-refractivity contribution < 1.29 is 5.11 Å². The summed E-state index contributed by atoms with van der Waals surface area (Å²) in [6.45, 7) is 2.13. The fraction of sp³-hybridized carbons (Fsp3) is 0.294. The number of β-amino-alcohol motifs (C(OH)–C–C–N with tert-alkyl or cyclic N) is 1. The topological polar surface area (TPSA) is 66.2 Å². The lowest BCUT2D eigenvalue weighted by atomic mass is 10.1. The fourth-order valence-electron chi connectivity index (χ4n) is 3.00. The maximum absolute atomic E-state index is 9.36. The molecule has 3 heterocycles. The van der Waals surface area contributed by atoms with Gasteiger partial charge in [-0.15, -0.1) is 0 Å². The Labute approximate surface area is 144 Å². The first-order chi connectivity index (χ1) is 11.6. The van der Waals surface area contributed by atoms with Gasteiger partial charge in [0.15, 0.2) is 0 Å². The van der Waals surface area contributed by atoms with E-state index in [1.807, 2.05) is 42.1 Å². The Kier molecular flexibility index (Phi) is 3.88. The number of aryl methyl sites for hydroxylation is 1. The number of hydrogen-bond donors (Lipinski definition) is 2. The maximum atomic E-state index is 9.36. The third kappa shape index (κ3) is 2.96. The van der Waals surface area contributed by atoms with Gasteiger partial charge in [-0.3, -0.25) is 4.90 Å². The van der Waals surface area contributed by atoms with Crippen molar-refractivity contribution in [2.75, 3.05) is 18.4 Å². The van der Waals surface area contributed by atoms with E-state index in [1.54, 1.807) is 6.20 Å². The molecule has 0 atom stereocenters. The lowest BCUT2D eigenvalue weighted by Crippen LogP contribution is -2.49. The molecule has 124 valence electrons. The van der Waals surface area contributed by atoms with Crippen LogP contribution in [0.3, 0.4) is 0 Å². The van der Waals surface area contributed by atoms with E-state index in [-0.39, 0.29) is 6.10 Å². The van der Waals surface area contributed by atoms with Crippen molar-refractivity contribution >= 4 is 34.1 Å². The van der Waals surface area contributed by atoms with Crippen molar-refractivity contribution in [1.29, 1.82) is 0 Å². The quantitative estimate of drug-likeness (QED) is 0.762. The highest BCUT2D eigenvalue weighted by molar-refractivity contribution is 6.35. The van der Waals surface area contributed by atoms with Crippen molar-refractivity contribution in [3.8, 4) is 0 Å². The molecule has 0 unspecified atom stereocenters. The number of aliphatic hydroxyl groups excluding tert-OH is 1. The van der Waals surface area contributed by atoms with Gasteiger partial charge in [-0.05, 0) is 24.3 Å². The van der Waals surface area contributed by atoms with Crippen molar-refractivity contribution in [3.05, 3.63) is 47.4 Å². The molecule has 0 radical (unpaired) electrons. The molecule has 2 N–H and O–H groups in total. The molecule has 0 amide bonds. The normalized spacial score (nSPS) is 15.6. The predicted octanol–water partition coefficient (Wildman–Crippen LogP) is 2.54. The summed E-state index contributed by atoms with van der Waals surface area (Å²) < 4.78 is 2.00. The lowest BCUT2D eigenvalue weighted by Gasteiger charge is -2.35. The summed E-state index contributed by atoms with van der Waals surface area (Å²) in [5, 5.41) is 14.3. The Balaban J connectivity index is 1.53. The molecule has 4 rings (SSSR count). The molecule has 0 bridgehead atoms. The number of halogens is 1. The van der Waals surface area contributed by atoms with Crippen LogP contribution in [0.15, 0.2) is 36.7 Å². The number of rotatable bonds is 4. The van der Waals surface area contributed by atoms with Crippen LogP contribution in [0.1, 0.15) is 5.69 Å². The number of anilines is 2. The summed E-state index contributed by atoms with van der Waals surface area (Å²) in [4.78, 5) is 11.0. The first-order valence-electron chi connectivity index (χ1n) is 7.82. The minimum absolute atomic E-state index is 0.202. The third-order valence-electron chi connectivity index (χ3n) is 4.23. The number of likely N-dealkylation sites (tertiary alicyclic amines) is 1. The van der Waals surface area contributed by atoms with Gasteiger partial charge in [-0.1, -0.05) is 11.6 Å². The number of aliphatic hydroxyl groups is 1. The lowest BCUT2D eigenvalue weighted by molar-refractivity contribution is -0.00353. The molecule has 0 aliphatic carbocycles. The Hall–Kier alpha value is -2.15. The van der Waals surface area contributed by atoms with Gasteiger partial charge in [0, 0.05) is 55.7 Å². The summed E-state index contributed by atoms with van der Waals surface area (Å²) >= 11 is 6.26. The van der Waals surface area contributed by atoms with Crippen LogP contribution in [0.25, 0.3) is 10.9 Å². The second-order valence-corrected chi connectivity index (χ2v) is 6.57. The van der Waals surface area contributed by atoms with E-state index < -0.39 is 0 Å². The van der Waals surface area contributed by atoms with E-state index in [4.69, 9.17) is 11.6 Å². The molecule has 2 aromatic heterocycles. The molecule has 0 saturated carbocycles. The van der Waals surface area contributed by atoms with Gasteiger partial charge in [-0.25, -0.2) is 9.97 Å². The van der Waals surface area contributed by atoms with Crippen LogP contribution < -0.4 is 5.32 Å². The molecular weight excluding hydrogens is 326 g/mol. The number of benzene rings is 1. The zero-order valence-electron chi connectivity index (χ0n) is 13.3. The predicted molar refractivity (Wildman–Crippen MR) is 94.5 cm³/mol. The van der Waals surface area contributed by atoms with Crippen molar-refractivity contribution in [2.24, 2.45) is 7.05 Å². The Bertz CT molecular complexity index is 888. The summed E-state index contributed by atoms with van der Waals surface area (Å²) in [5.41, 5.74) is 2.90. The minimum atomic E-state index is -0.202. The van der Waals surface area contributed by atoms with E-state index in [1.165, 1.54) is 0 Å². The van der Waals surface area contributed by atoms with Crippen LogP contribution in [-0.2, 0) is 13.6 Å². The molecule has 0 spiro atoms. The molecule has 24 heavy (non-hydrogen) atoms. The Morgan fingerprint density at radius 2 is 2.17 bits per heavy atom. The zero-order chi connectivity index (χ0) is 16.7. The minimum Gasteiger partial charge on any atom is -0.390 e. The van der Waals surface area contributed by atoms with E-state index in [0.717, 1.165) is 33.9 Å². The highest BCUT2D eigenvalue weighted by Crippen LogP contribution is 2.28. The fourth-order valence-corrected chi connectivity index (χ4v) is 3.29. The molecular formula is C17H18ClN5O. The highest BCUT2D eigenvalue weighted by Gasteiger charge is 2.24. The molecule has 3 aromatic rings. The number of aromatic nitrogens is 3. The molecule has 6 nitrogen and oxygen atoms in total. The first-order valence-corrected chi connectivity index (χ1v) is 8.20. The zero-order valence-corrected chi connectivity index (χ0v) is 14.0. The van der Waals surface area contributed by atoms with Crippen LogP contribution in [0.4, 0.5) is 11.6 Å². The molecule has 1 saturated heterocycles. The standard InChI is InChI=1S/C17H18ClN5O/c1-22-10-15(18)14-6-11(2-3-16(14)22)20-17-19-5-4-12(21-17)7-23-8-13(24)9-23/h2-6,10,13,24H,7-9H2,1H3,(H,19,20,21). The SMILES string of the molecule is Cn1cc(Cl)c2cc(Nc3nccc(CN4CC(O)C4)n3)ccc21. The van der Waals surface area contributed by atoms with E-state index in [2.05, 4.69) is 20.2 Å². The van der Waals surface area contributed by atoms with Crippen molar-refractivity contribution in [1.82, 2.24) is 19.4 Å². The second kappa shape index (κ2) is 6.05. The largest absolute Gasteiger partial charge is 0.390 e. The molecule has 1 aliphatic heterocycles. The van der Waals surface area contributed by atoms with Crippen LogP contribution in [0, 0.1) is 0 Å². The Morgan fingerprint density at radius 3 is 2.96 bits per heavy atom. The summed E-state index contributed by atoms with van der Waals surface area (Å²) in [6, 6.07) is 7.90. The van der Waals surface area contributed by atoms with Crippen LogP contribution in [0.2, 0.25) is 5.02 Å². The summed E-state index contributed by atoms with van der Waals surface area (Å²) in [6.07, 6.45) is 3.44. The van der Waals surface area contributed by atoms with Gasteiger partial charge < -0.3 is 15.0 Å². The number of fused-ring (bicyclic) bond motifs is 1. The number of hydrogen-bond acceptors (Lipinski definition) is 5. The van der Waals surface area contributed by atoms with Crippen LogP contribution in [-0.4, -0.2) is 43.7 Å². The van der Waals surface area contributed by atoms with Crippen LogP contribution >= 0.6 is 11.6 Å². The van der Waals surface area contributed by atoms with E-state index in [0.29, 0.717) is 19.0 Å². The average molecular weight is 344 g/mol. The number of nitrogens with one attached hydrogen (secondary N) is 1. The molecule has 1 fully saturated rings. The van der Waals surface area contributed by atoms with Crippen molar-refractivity contribution in [2.45, 2.75) is 12.6 Å². The van der Waals surface area contributed by atoms with E-state index >= 15 is 0 Å². The monoisotopic (exact) mass is 343 g/mol. The van der Waals surface area contributed by atoms with Gasteiger partial charge in [0.05, 0.1) is 16.8 Å². The smallest absolute Gasteiger partial charge is 0.227 e. The van der Waals surface area contributed by atoms with Crippen LogP contribution in [0.5, 0.6) is 0 Å². The number of nitrogens with zero attached hydrogens (tertiary/aromatic N) is 4. The maximum Gasteiger partial charge on any atom is 0.227 e. The first kappa shape index (κ1) is 15.4. The molecule has 1 aromatic carbocycles. The molecule has 1 aliphatic rings. The highest BCUT2D eigenvalue weighted by atomic mass is 35.5. The van der Waals surface area contributed by atoms with Gasteiger partial charge >= 0.3 is 0 Å². The van der Waals surface area contributed by atoms with Gasteiger partial charge in [0.1, 0.15) is 0 Å². The van der Waals surface area contributed by atoms with Gasteiger partial charge in [-0.2, -0.15) is 0 Å². The van der Waals surface area contributed by atoms with Crippen molar-refractivity contribution in [3.63, 3.8) is 0 Å². The third-order valence-corrected chi connectivity index (χ3v) is 4.53. The van der Waals surface area contributed by atoms with Gasteiger partial charge in [0.25, 0.3) is 0 Å². The average Bonchev–Trinajstić information content (AvgIpc) is 2.81. The molecule has 7 heteroatoms.